The molecule has 0 spiro atoms. The van der Waals surface area contributed by atoms with E-state index in [1.165, 1.54) is 10.8 Å². The van der Waals surface area contributed by atoms with Gasteiger partial charge >= 0.3 is 0 Å². The second-order valence-corrected chi connectivity index (χ2v) is 15.4. The third kappa shape index (κ3) is 8.87. The average molecular weight is 895 g/mol. The topological polar surface area (TPSA) is 95.6 Å². The first-order chi connectivity index (χ1) is 25.2. The molecule has 0 unspecified atom stereocenters. The van der Waals surface area contributed by atoms with Crippen LogP contribution < -0.4 is 0 Å². The van der Waals surface area contributed by atoms with Gasteiger partial charge < -0.3 is 0 Å². The van der Waals surface area contributed by atoms with Crippen LogP contribution in [0.5, 0.6) is 0 Å². The van der Waals surface area contributed by atoms with E-state index >= 15 is 0 Å². The van der Waals surface area contributed by atoms with Gasteiger partial charge in [-0.15, -0.1) is 30.0 Å². The average Bonchev–Trinajstić information content (AvgIpc) is 3.78. The fraction of sp³-hybridized carbons (Fsp3) is 0.244. The molecule has 0 bridgehead atoms. The maximum atomic E-state index is 11.5. The summed E-state index contributed by atoms with van der Waals surface area (Å²) in [5.41, 5.74) is 7.29. The molecule has 277 valence electrons. The molecule has 0 N–H and O–H groups in total. The molecule has 9 heteroatoms. The molecule has 8 nitrogen and oxygen atoms in total. The van der Waals surface area contributed by atoms with Crippen molar-refractivity contribution in [2.24, 2.45) is 10.8 Å². The molecule has 0 aliphatic rings. The summed E-state index contributed by atoms with van der Waals surface area (Å²) in [5.74, 6) is 0.0415. The number of carbonyl (C=O) groups is 2. The van der Waals surface area contributed by atoms with Gasteiger partial charge in [-0.3, -0.25) is 9.59 Å². The van der Waals surface area contributed by atoms with Crippen LogP contribution in [-0.2, 0) is 29.7 Å². The summed E-state index contributed by atoms with van der Waals surface area (Å²) >= 11 is 0. The van der Waals surface area contributed by atoms with Gasteiger partial charge in [0.2, 0.25) is 0 Å². The van der Waals surface area contributed by atoms with Crippen molar-refractivity contribution in [2.45, 2.75) is 61.8 Å². The molecular weight excluding hydrogens is 849 g/mol. The zero-order chi connectivity index (χ0) is 37.9. The van der Waals surface area contributed by atoms with Gasteiger partial charge in [0.05, 0.1) is 17.8 Å². The van der Waals surface area contributed by atoms with E-state index in [0.29, 0.717) is 0 Å². The molecule has 1 radical (unpaired) electrons. The number of ketones is 2. The summed E-state index contributed by atoms with van der Waals surface area (Å²) < 4.78 is 0. The van der Waals surface area contributed by atoms with Crippen LogP contribution in [0.1, 0.15) is 59.1 Å². The van der Waals surface area contributed by atoms with E-state index < -0.39 is 10.8 Å². The Morgan fingerprint density at radius 2 is 0.833 bits per heavy atom. The largest absolute Gasteiger partial charge is 0.299 e. The molecule has 0 amide bonds. The van der Waals surface area contributed by atoms with Crippen molar-refractivity contribution >= 4 is 55.2 Å². The summed E-state index contributed by atoms with van der Waals surface area (Å²) in [5, 5.41) is 23.2. The summed E-state index contributed by atoms with van der Waals surface area (Å²) in [4.78, 5) is 26.5. The van der Waals surface area contributed by atoms with Crippen molar-refractivity contribution in [1.29, 1.82) is 0 Å². The summed E-state index contributed by atoms with van der Waals surface area (Å²) in [7, 11) is 0. The van der Waals surface area contributed by atoms with Gasteiger partial charge in [0.15, 0.2) is 0 Å². The van der Waals surface area contributed by atoms with Crippen LogP contribution in [-0.4, -0.2) is 41.6 Å². The number of benzene rings is 6. The Bertz CT molecular complexity index is 2400. The Morgan fingerprint density at radius 1 is 0.481 bits per heavy atom. The molecule has 0 fully saturated rings. The zero-order valence-electron chi connectivity index (χ0n) is 32.1. The second-order valence-electron chi connectivity index (χ2n) is 15.4. The molecule has 6 aromatic carbocycles. The van der Waals surface area contributed by atoms with Crippen molar-refractivity contribution < 1.29 is 29.7 Å². The van der Waals surface area contributed by atoms with E-state index in [-0.39, 0.29) is 38.1 Å². The fourth-order valence-corrected chi connectivity index (χ4v) is 5.80. The zero-order valence-corrected chi connectivity index (χ0v) is 34.5. The van der Waals surface area contributed by atoms with Crippen LogP contribution in [0.2, 0.25) is 0 Å². The molecule has 2 heterocycles. The predicted octanol–water partition coefficient (Wildman–Crippen LogP) is 10.4. The van der Waals surface area contributed by atoms with Crippen molar-refractivity contribution in [3.63, 3.8) is 0 Å². The summed E-state index contributed by atoms with van der Waals surface area (Å²) in [6.07, 6.45) is 0.0625. The Labute approximate surface area is 329 Å². The Morgan fingerprint density at radius 3 is 1.20 bits per heavy atom. The number of fused-ring (bicyclic) bond motifs is 4. The molecule has 2 aromatic heterocycles. The van der Waals surface area contributed by atoms with E-state index in [4.69, 9.17) is 0 Å². The van der Waals surface area contributed by atoms with E-state index in [1.807, 2.05) is 102 Å². The number of hydrogen-bond donors (Lipinski definition) is 0. The number of rotatable bonds is 4. The Hall–Kier alpha value is -5.37. The van der Waals surface area contributed by atoms with Gasteiger partial charge in [0.1, 0.15) is 33.6 Å². The molecular formula is C45H46IrN6O2. The van der Waals surface area contributed by atoms with E-state index in [1.54, 1.807) is 9.59 Å². The van der Waals surface area contributed by atoms with Crippen molar-refractivity contribution in [3.8, 4) is 11.4 Å². The number of aromatic nitrogens is 6. The van der Waals surface area contributed by atoms with E-state index in [0.717, 1.165) is 55.3 Å². The minimum Gasteiger partial charge on any atom is -0.299 e. The van der Waals surface area contributed by atoms with Gasteiger partial charge in [-0.1, -0.05) is 139 Å². The molecule has 0 aliphatic heterocycles. The van der Waals surface area contributed by atoms with Crippen LogP contribution in [0.15, 0.2) is 121 Å². The van der Waals surface area contributed by atoms with E-state index in [9.17, 15) is 9.59 Å². The molecule has 8 rings (SSSR count). The molecule has 8 aromatic rings. The van der Waals surface area contributed by atoms with Crippen molar-refractivity contribution in [3.05, 3.63) is 132 Å². The number of aryl methyl sites for hydroxylation is 2. The molecule has 0 saturated carbocycles. The van der Waals surface area contributed by atoms with Crippen LogP contribution in [0, 0.1) is 24.7 Å². The molecule has 54 heavy (non-hydrogen) atoms. The first-order valence-corrected chi connectivity index (χ1v) is 17.9. The molecule has 0 saturated heterocycles. The SMILES string of the molecule is CC(C)(C)C(=O)CC(=O)C(C)(C)C.Cc1cccc2nn(-c3cccc4ccccc34)nc12.Cc1cccc2nn(-c3cccc4ccccc34)nc12.[Ir]. The number of nitrogens with zero attached hydrogens (tertiary/aromatic N) is 6. The minimum absolute atomic E-state index is 0. The van der Waals surface area contributed by atoms with Crippen molar-refractivity contribution in [1.82, 2.24) is 30.0 Å². The second kappa shape index (κ2) is 16.3. The Balaban J connectivity index is 0.000000159. The normalized spacial score (nSPS) is 11.4. The quantitative estimate of drug-likeness (QED) is 0.163. The van der Waals surface area contributed by atoms with Gasteiger partial charge in [-0.25, -0.2) is 0 Å². The van der Waals surface area contributed by atoms with Crippen LogP contribution in [0.25, 0.3) is 55.0 Å². The Kier molecular flexibility index (Phi) is 12.0. The minimum atomic E-state index is -0.402. The molecule has 0 aliphatic carbocycles. The maximum absolute atomic E-state index is 11.5. The van der Waals surface area contributed by atoms with Gasteiger partial charge in [-0.2, -0.15) is 0 Å². The van der Waals surface area contributed by atoms with E-state index in [2.05, 4.69) is 94.9 Å². The predicted molar refractivity (Wildman–Crippen MR) is 216 cm³/mol. The van der Waals surface area contributed by atoms with Crippen LogP contribution in [0.4, 0.5) is 0 Å². The monoisotopic (exact) mass is 895 g/mol. The number of hydrogen-bond acceptors (Lipinski definition) is 6. The van der Waals surface area contributed by atoms with Gasteiger partial charge in [-0.05, 0) is 60.0 Å². The summed E-state index contributed by atoms with van der Waals surface area (Å²) in [6.45, 7) is 15.2. The smallest absolute Gasteiger partial charge is 0.145 e. The van der Waals surface area contributed by atoms with Crippen LogP contribution in [0.3, 0.4) is 0 Å². The number of Topliss-reactive ketones (excluding diaryl/α,β-unsaturated/α-hetero) is 2. The third-order valence-electron chi connectivity index (χ3n) is 9.19. The van der Waals surface area contributed by atoms with Gasteiger partial charge in [0.25, 0.3) is 0 Å². The standard InChI is InChI=1S/2C17H13N3.C11H20O2.Ir/c2*1-12-6-4-10-15-17(12)19-20(18-15)16-11-5-8-13-7-2-3-9-14(13)16;1-10(2,3)8(12)7-9(13)11(4,5)6;/h2*2-11H,1H3;7H2,1-6H3;. The fourth-order valence-electron chi connectivity index (χ4n) is 5.80. The van der Waals surface area contributed by atoms with Gasteiger partial charge in [0, 0.05) is 41.7 Å². The third-order valence-corrected chi connectivity index (χ3v) is 9.19. The van der Waals surface area contributed by atoms with Crippen molar-refractivity contribution in [2.75, 3.05) is 0 Å². The maximum Gasteiger partial charge on any atom is 0.145 e. The van der Waals surface area contributed by atoms with Crippen LogP contribution >= 0.6 is 0 Å². The summed E-state index contributed by atoms with van der Waals surface area (Å²) in [6, 6.07) is 41.1. The first kappa shape index (κ1) is 39.8. The number of carbonyl (C=O) groups excluding carboxylic acids is 2. The molecule has 0 atom stereocenters. The first-order valence-electron chi connectivity index (χ1n) is 17.9.